The van der Waals surface area contributed by atoms with Crippen molar-refractivity contribution in [2.24, 2.45) is 0 Å². The van der Waals surface area contributed by atoms with Crippen LogP contribution in [0.25, 0.3) is 11.1 Å². The third kappa shape index (κ3) is 5.04. The number of nitrogens with one attached hydrogen (secondary N) is 3. The van der Waals surface area contributed by atoms with Crippen LogP contribution in [-0.4, -0.2) is 40.5 Å². The van der Waals surface area contributed by atoms with Crippen molar-refractivity contribution in [2.45, 2.75) is 26.4 Å². The quantitative estimate of drug-likeness (QED) is 0.345. The van der Waals surface area contributed by atoms with E-state index < -0.39 is 0 Å². The van der Waals surface area contributed by atoms with Gasteiger partial charge in [0.1, 0.15) is 17.3 Å². The molecule has 0 unspecified atom stereocenters. The Morgan fingerprint density at radius 1 is 0.971 bits per heavy atom. The fourth-order valence-corrected chi connectivity index (χ4v) is 4.13. The Kier molecular flexibility index (Phi) is 6.49. The van der Waals surface area contributed by atoms with Crippen LogP contribution in [0, 0.1) is 0 Å². The van der Waals surface area contributed by atoms with E-state index in [0.29, 0.717) is 23.3 Å². The van der Waals surface area contributed by atoms with Crippen LogP contribution in [0.5, 0.6) is 11.5 Å². The van der Waals surface area contributed by atoms with Gasteiger partial charge in [0.05, 0.1) is 20.4 Å². The Bertz CT molecular complexity index is 1310. The minimum atomic E-state index is 0.453. The first-order valence-electron chi connectivity index (χ1n) is 11.6. The van der Waals surface area contributed by atoms with Gasteiger partial charge in [-0.25, -0.2) is 4.98 Å². The predicted octanol–water partition coefficient (Wildman–Crippen LogP) is 4.51. The molecule has 0 saturated carbocycles. The normalized spacial score (nSPS) is 12.7. The lowest BCUT2D eigenvalue weighted by Crippen LogP contribution is -2.23. The first kappa shape index (κ1) is 22.7. The molecule has 0 amide bonds. The number of hydrogen-bond donors (Lipinski definition) is 3. The largest absolute Gasteiger partial charge is 0.497 e. The van der Waals surface area contributed by atoms with Crippen LogP contribution < -0.4 is 25.4 Å². The number of aryl methyl sites for hydroxylation is 1. The number of fused-ring (bicyclic) bond motifs is 1. The van der Waals surface area contributed by atoms with E-state index in [4.69, 9.17) is 14.5 Å². The second-order valence-corrected chi connectivity index (χ2v) is 8.30. The van der Waals surface area contributed by atoms with Crippen LogP contribution in [0.1, 0.15) is 18.1 Å². The molecule has 0 radical (unpaired) electrons. The molecule has 2 aromatic heterocycles. The molecular weight excluding hydrogens is 442 g/mol. The van der Waals surface area contributed by atoms with Crippen LogP contribution in [0.4, 0.5) is 23.1 Å². The van der Waals surface area contributed by atoms with E-state index in [-0.39, 0.29) is 0 Å². The van der Waals surface area contributed by atoms with Crippen LogP contribution in [-0.2, 0) is 19.5 Å². The van der Waals surface area contributed by atoms with Crippen molar-refractivity contribution in [3.05, 3.63) is 66.1 Å². The lowest BCUT2D eigenvalue weighted by atomic mass is 10.0. The molecule has 0 saturated heterocycles. The number of rotatable bonds is 8. The predicted molar refractivity (Wildman–Crippen MR) is 137 cm³/mol. The van der Waals surface area contributed by atoms with Gasteiger partial charge in [-0.15, -0.1) is 0 Å². The number of nitrogens with zero attached hydrogens (tertiary/aromatic N) is 4. The van der Waals surface area contributed by atoms with Gasteiger partial charge >= 0.3 is 0 Å². The van der Waals surface area contributed by atoms with E-state index in [1.165, 1.54) is 11.1 Å². The number of aromatic nitrogens is 4. The monoisotopic (exact) mass is 471 g/mol. The van der Waals surface area contributed by atoms with E-state index in [9.17, 15) is 0 Å². The third-order valence-corrected chi connectivity index (χ3v) is 6.02. The molecule has 35 heavy (non-hydrogen) atoms. The highest BCUT2D eigenvalue weighted by Crippen LogP contribution is 2.32. The molecule has 1 aliphatic rings. The molecular formula is C26H29N7O2. The zero-order valence-corrected chi connectivity index (χ0v) is 20.1. The SMILES string of the molecule is CCn1cc(-c2cnc(Nc3cc(OC)cc(OC)c3)nc2Nc2ccc3c(c2)CNCC3)cn1. The average Bonchev–Trinajstić information content (AvgIpc) is 3.37. The Morgan fingerprint density at radius 2 is 1.80 bits per heavy atom. The van der Waals surface area contributed by atoms with Gasteiger partial charge in [-0.3, -0.25) is 4.68 Å². The second kappa shape index (κ2) is 10.0. The third-order valence-electron chi connectivity index (χ3n) is 6.02. The molecule has 0 bridgehead atoms. The number of hydrogen-bond acceptors (Lipinski definition) is 8. The average molecular weight is 472 g/mol. The highest BCUT2D eigenvalue weighted by Gasteiger charge is 2.15. The molecule has 180 valence electrons. The first-order valence-corrected chi connectivity index (χ1v) is 11.6. The molecule has 0 fully saturated rings. The van der Waals surface area contributed by atoms with Crippen molar-refractivity contribution in [1.29, 1.82) is 0 Å². The molecule has 1 aliphatic heterocycles. The molecule has 5 rings (SSSR count). The van der Waals surface area contributed by atoms with Crippen LogP contribution >= 0.6 is 0 Å². The van der Waals surface area contributed by atoms with E-state index in [1.807, 2.05) is 41.5 Å². The molecule has 0 spiro atoms. The number of benzene rings is 2. The van der Waals surface area contributed by atoms with Crippen molar-refractivity contribution in [3.8, 4) is 22.6 Å². The summed E-state index contributed by atoms with van der Waals surface area (Å²) in [7, 11) is 3.24. The molecule has 0 aliphatic carbocycles. The maximum absolute atomic E-state index is 5.39. The van der Waals surface area contributed by atoms with Gasteiger partial charge in [-0.05, 0) is 43.1 Å². The second-order valence-electron chi connectivity index (χ2n) is 8.30. The summed E-state index contributed by atoms with van der Waals surface area (Å²) in [5, 5.41) is 14.7. The molecule has 2 aromatic carbocycles. The smallest absolute Gasteiger partial charge is 0.229 e. The fourth-order valence-electron chi connectivity index (χ4n) is 4.13. The van der Waals surface area contributed by atoms with Crippen LogP contribution in [0.2, 0.25) is 0 Å². The van der Waals surface area contributed by atoms with E-state index in [2.05, 4.69) is 51.2 Å². The summed E-state index contributed by atoms with van der Waals surface area (Å²) in [6, 6.07) is 12.0. The first-order chi connectivity index (χ1) is 17.1. The highest BCUT2D eigenvalue weighted by atomic mass is 16.5. The summed E-state index contributed by atoms with van der Waals surface area (Å²) < 4.78 is 12.7. The van der Waals surface area contributed by atoms with Crippen LogP contribution in [0.3, 0.4) is 0 Å². The summed E-state index contributed by atoms with van der Waals surface area (Å²) in [5.74, 6) is 2.50. The van der Waals surface area contributed by atoms with Gasteiger partial charge in [-0.1, -0.05) is 6.07 Å². The van der Waals surface area contributed by atoms with Gasteiger partial charge in [0.15, 0.2) is 0 Å². The van der Waals surface area contributed by atoms with Crippen molar-refractivity contribution < 1.29 is 9.47 Å². The molecule has 4 aromatic rings. The molecule has 9 heteroatoms. The molecule has 0 atom stereocenters. The number of ether oxygens (including phenoxy) is 2. The summed E-state index contributed by atoms with van der Waals surface area (Å²) in [5.41, 5.74) is 6.24. The van der Waals surface area contributed by atoms with Gasteiger partial charge in [0.2, 0.25) is 5.95 Å². The van der Waals surface area contributed by atoms with Gasteiger partial charge in [0.25, 0.3) is 0 Å². The lowest BCUT2D eigenvalue weighted by molar-refractivity contribution is 0.395. The highest BCUT2D eigenvalue weighted by molar-refractivity contribution is 5.78. The fraction of sp³-hybridized carbons (Fsp3) is 0.269. The van der Waals surface area contributed by atoms with E-state index in [1.54, 1.807) is 14.2 Å². The number of anilines is 4. The van der Waals surface area contributed by atoms with Crippen molar-refractivity contribution >= 4 is 23.1 Å². The summed E-state index contributed by atoms with van der Waals surface area (Å²) in [4.78, 5) is 9.41. The zero-order chi connectivity index (χ0) is 24.2. The Morgan fingerprint density at radius 3 is 2.54 bits per heavy atom. The Hall–Kier alpha value is -4.11. The van der Waals surface area contributed by atoms with E-state index in [0.717, 1.165) is 48.6 Å². The minimum Gasteiger partial charge on any atom is -0.497 e. The Balaban J connectivity index is 1.50. The lowest BCUT2D eigenvalue weighted by Gasteiger charge is -2.19. The summed E-state index contributed by atoms with van der Waals surface area (Å²) >= 11 is 0. The van der Waals surface area contributed by atoms with Crippen molar-refractivity contribution in [2.75, 3.05) is 31.4 Å². The molecule has 3 N–H and O–H groups in total. The maximum atomic E-state index is 5.39. The van der Waals surface area contributed by atoms with E-state index >= 15 is 0 Å². The molecule has 3 heterocycles. The van der Waals surface area contributed by atoms with Gasteiger partial charge in [-0.2, -0.15) is 10.1 Å². The van der Waals surface area contributed by atoms with Crippen molar-refractivity contribution in [1.82, 2.24) is 25.1 Å². The standard InChI is InChI=1S/C26H29N7O2/c1-4-33-16-19(14-29-33)24-15-28-26(31-21-10-22(34-2)12-23(11-21)35-3)32-25(24)30-20-6-5-17-7-8-27-13-18(17)9-20/h5-6,9-12,14-16,27H,4,7-8,13H2,1-3H3,(H2,28,30,31,32). The zero-order valence-electron chi connectivity index (χ0n) is 20.1. The topological polar surface area (TPSA) is 98.2 Å². The minimum absolute atomic E-state index is 0.453. The maximum Gasteiger partial charge on any atom is 0.229 e. The van der Waals surface area contributed by atoms with Crippen molar-refractivity contribution in [3.63, 3.8) is 0 Å². The molecule has 9 nitrogen and oxygen atoms in total. The summed E-state index contributed by atoms with van der Waals surface area (Å²) in [6.07, 6.45) is 6.69. The van der Waals surface area contributed by atoms with Gasteiger partial charge < -0.3 is 25.4 Å². The number of methoxy groups -OCH3 is 2. The Labute approximate surface area is 204 Å². The van der Waals surface area contributed by atoms with Crippen LogP contribution in [0.15, 0.2) is 55.0 Å². The summed E-state index contributed by atoms with van der Waals surface area (Å²) in [6.45, 7) is 4.73. The van der Waals surface area contributed by atoms with Gasteiger partial charge in [0, 0.05) is 66.2 Å².